The molecule has 0 aliphatic carbocycles. The molecule has 1 aliphatic rings. The Kier molecular flexibility index (Phi) is 6.53. The molecule has 0 radical (unpaired) electrons. The van der Waals surface area contributed by atoms with E-state index in [1.165, 1.54) is 23.8 Å². The number of likely N-dealkylation sites (N-methyl/N-ethyl adjacent to an activating group) is 1. The summed E-state index contributed by atoms with van der Waals surface area (Å²) in [4.78, 5) is 41.3. The van der Waals surface area contributed by atoms with E-state index in [0.717, 1.165) is 5.56 Å². The number of amidine groups is 1. The number of carbonyl (C=O) groups excluding carboxylic acids is 3. The van der Waals surface area contributed by atoms with Gasteiger partial charge in [-0.15, -0.1) is 0 Å². The van der Waals surface area contributed by atoms with Crippen molar-refractivity contribution in [1.82, 2.24) is 4.90 Å². The molecule has 0 atom stereocenters. The van der Waals surface area contributed by atoms with E-state index >= 15 is 0 Å². The third-order valence-electron chi connectivity index (χ3n) is 4.08. The minimum Gasteiger partial charge on any atom is -0.484 e. The van der Waals surface area contributed by atoms with E-state index in [-0.39, 0.29) is 12.5 Å². The van der Waals surface area contributed by atoms with Crippen LogP contribution in [0.1, 0.15) is 15.9 Å². The lowest BCUT2D eigenvalue weighted by Gasteiger charge is -2.07. The van der Waals surface area contributed by atoms with Gasteiger partial charge in [0.2, 0.25) is 0 Å². The molecule has 1 saturated heterocycles. The number of primary amides is 1. The first-order valence-corrected chi connectivity index (χ1v) is 9.65. The summed E-state index contributed by atoms with van der Waals surface area (Å²) in [7, 11) is 2.97. The van der Waals surface area contributed by atoms with Gasteiger partial charge in [-0.25, -0.2) is 9.79 Å². The van der Waals surface area contributed by atoms with Crippen molar-refractivity contribution >= 4 is 46.5 Å². The standard InChI is InChI=1S/C21H19N3O5S/c1-24-19(26)17(11-13-3-9-16(10-4-13)29-12-18(22)25)30-21(24)23-15-7-5-14(6-8-15)20(27)28-2/h3-11H,12H2,1-2H3,(H2,22,25). The highest BCUT2D eigenvalue weighted by molar-refractivity contribution is 8.18. The van der Waals surface area contributed by atoms with Gasteiger partial charge in [0.05, 0.1) is 23.3 Å². The number of benzene rings is 2. The predicted molar refractivity (Wildman–Crippen MR) is 114 cm³/mol. The van der Waals surface area contributed by atoms with E-state index in [2.05, 4.69) is 9.73 Å². The molecular weight excluding hydrogens is 406 g/mol. The van der Waals surface area contributed by atoms with Crippen LogP contribution in [0.3, 0.4) is 0 Å². The minimum absolute atomic E-state index is 0.168. The molecule has 1 aliphatic heterocycles. The van der Waals surface area contributed by atoms with E-state index in [4.69, 9.17) is 10.5 Å². The number of aliphatic imine (C=N–C) groups is 1. The number of methoxy groups -OCH3 is 1. The molecule has 0 spiro atoms. The summed E-state index contributed by atoms with van der Waals surface area (Å²) in [5.74, 6) is -0.632. The summed E-state index contributed by atoms with van der Waals surface area (Å²) in [5, 5.41) is 0.526. The van der Waals surface area contributed by atoms with Crippen LogP contribution in [-0.2, 0) is 14.3 Å². The highest BCUT2D eigenvalue weighted by Crippen LogP contribution is 2.33. The van der Waals surface area contributed by atoms with Gasteiger partial charge in [-0.3, -0.25) is 14.5 Å². The van der Waals surface area contributed by atoms with Crippen molar-refractivity contribution in [3.05, 3.63) is 64.6 Å². The van der Waals surface area contributed by atoms with Crippen LogP contribution in [0.5, 0.6) is 5.75 Å². The first-order chi connectivity index (χ1) is 14.4. The molecule has 0 bridgehead atoms. The van der Waals surface area contributed by atoms with Gasteiger partial charge < -0.3 is 15.2 Å². The summed E-state index contributed by atoms with van der Waals surface area (Å²) in [6.07, 6.45) is 1.75. The Morgan fingerprint density at radius 1 is 1.13 bits per heavy atom. The summed E-state index contributed by atoms with van der Waals surface area (Å²) < 4.78 is 9.90. The Hall–Kier alpha value is -3.59. The van der Waals surface area contributed by atoms with Gasteiger partial charge in [-0.05, 0) is 59.8 Å². The smallest absolute Gasteiger partial charge is 0.337 e. The fourth-order valence-electron chi connectivity index (χ4n) is 2.52. The number of nitrogens with zero attached hydrogens (tertiary/aromatic N) is 2. The maximum absolute atomic E-state index is 12.6. The van der Waals surface area contributed by atoms with Crippen LogP contribution in [0.15, 0.2) is 58.4 Å². The van der Waals surface area contributed by atoms with E-state index < -0.39 is 11.9 Å². The molecule has 30 heavy (non-hydrogen) atoms. The van der Waals surface area contributed by atoms with E-state index in [0.29, 0.717) is 27.1 Å². The number of ether oxygens (including phenoxy) is 2. The highest BCUT2D eigenvalue weighted by Gasteiger charge is 2.30. The molecule has 9 heteroatoms. The zero-order chi connectivity index (χ0) is 21.7. The first-order valence-electron chi connectivity index (χ1n) is 8.83. The van der Waals surface area contributed by atoms with Gasteiger partial charge in [0.1, 0.15) is 5.75 Å². The lowest BCUT2D eigenvalue weighted by atomic mass is 10.2. The minimum atomic E-state index is -0.552. The maximum Gasteiger partial charge on any atom is 0.337 e. The fraction of sp³-hybridized carbons (Fsp3) is 0.143. The van der Waals surface area contributed by atoms with E-state index in [1.807, 2.05) is 0 Å². The van der Waals surface area contributed by atoms with Crippen molar-refractivity contribution in [2.75, 3.05) is 20.8 Å². The third-order valence-corrected chi connectivity index (χ3v) is 5.14. The van der Waals surface area contributed by atoms with E-state index in [9.17, 15) is 14.4 Å². The van der Waals surface area contributed by atoms with Crippen LogP contribution in [0.4, 0.5) is 5.69 Å². The molecule has 2 aromatic carbocycles. The number of esters is 1. The Balaban J connectivity index is 1.74. The Morgan fingerprint density at radius 3 is 2.40 bits per heavy atom. The number of hydrogen-bond donors (Lipinski definition) is 1. The number of thioether (sulfide) groups is 1. The van der Waals surface area contributed by atoms with E-state index in [1.54, 1.807) is 61.7 Å². The number of rotatable bonds is 6. The quantitative estimate of drug-likeness (QED) is 0.562. The summed E-state index contributed by atoms with van der Waals surface area (Å²) in [6, 6.07) is 13.5. The lowest BCUT2D eigenvalue weighted by Crippen LogP contribution is -2.23. The SMILES string of the molecule is COC(=O)c1ccc(N=C2SC(=Cc3ccc(OCC(N)=O)cc3)C(=O)N2C)cc1. The van der Waals surface area contributed by atoms with Gasteiger partial charge in [0.15, 0.2) is 11.8 Å². The fourth-order valence-corrected chi connectivity index (χ4v) is 3.50. The summed E-state index contributed by atoms with van der Waals surface area (Å²) >= 11 is 1.25. The number of hydrogen-bond acceptors (Lipinski definition) is 7. The maximum atomic E-state index is 12.6. The zero-order valence-corrected chi connectivity index (χ0v) is 17.1. The van der Waals surface area contributed by atoms with Crippen LogP contribution in [0.25, 0.3) is 6.08 Å². The second-order valence-electron chi connectivity index (χ2n) is 6.23. The lowest BCUT2D eigenvalue weighted by molar-refractivity contribution is -0.121. The van der Waals surface area contributed by atoms with Crippen LogP contribution < -0.4 is 10.5 Å². The second-order valence-corrected chi connectivity index (χ2v) is 7.24. The molecule has 0 unspecified atom stereocenters. The molecular formula is C21H19N3O5S. The first kappa shape index (κ1) is 21.1. The molecule has 3 rings (SSSR count). The molecule has 0 saturated carbocycles. The molecule has 154 valence electrons. The monoisotopic (exact) mass is 425 g/mol. The number of carbonyl (C=O) groups is 3. The van der Waals surface area contributed by atoms with Crippen LogP contribution in [-0.4, -0.2) is 48.6 Å². The van der Waals surface area contributed by atoms with Crippen molar-refractivity contribution in [3.8, 4) is 5.75 Å². The summed E-state index contributed by atoms with van der Waals surface area (Å²) in [5.41, 5.74) is 6.89. The average molecular weight is 425 g/mol. The Bertz CT molecular complexity index is 1030. The molecule has 0 aromatic heterocycles. The molecule has 2 aromatic rings. The Labute approximate surface area is 177 Å². The zero-order valence-electron chi connectivity index (χ0n) is 16.3. The predicted octanol–water partition coefficient (Wildman–Crippen LogP) is 2.57. The molecule has 8 nitrogen and oxygen atoms in total. The van der Waals surface area contributed by atoms with Crippen molar-refractivity contribution < 1.29 is 23.9 Å². The number of nitrogens with two attached hydrogens (primary N) is 1. The second kappa shape index (κ2) is 9.27. The van der Waals surface area contributed by atoms with Crippen molar-refractivity contribution in [3.63, 3.8) is 0 Å². The van der Waals surface area contributed by atoms with Gasteiger partial charge >= 0.3 is 5.97 Å². The van der Waals surface area contributed by atoms with Crippen LogP contribution >= 0.6 is 11.8 Å². The number of amides is 2. The van der Waals surface area contributed by atoms with Crippen molar-refractivity contribution in [2.45, 2.75) is 0 Å². The largest absolute Gasteiger partial charge is 0.484 e. The van der Waals surface area contributed by atoms with Gasteiger partial charge in [-0.2, -0.15) is 0 Å². The van der Waals surface area contributed by atoms with Crippen LogP contribution in [0.2, 0.25) is 0 Å². The molecule has 1 heterocycles. The van der Waals surface area contributed by atoms with Gasteiger partial charge in [0.25, 0.3) is 11.8 Å². The van der Waals surface area contributed by atoms with Crippen molar-refractivity contribution in [1.29, 1.82) is 0 Å². The van der Waals surface area contributed by atoms with Crippen molar-refractivity contribution in [2.24, 2.45) is 10.7 Å². The molecule has 2 amide bonds. The van der Waals surface area contributed by atoms with Crippen LogP contribution in [0, 0.1) is 0 Å². The summed E-state index contributed by atoms with van der Waals surface area (Å²) in [6.45, 7) is -0.194. The van der Waals surface area contributed by atoms with Gasteiger partial charge in [-0.1, -0.05) is 12.1 Å². The molecule has 1 fully saturated rings. The van der Waals surface area contributed by atoms with Gasteiger partial charge in [0, 0.05) is 7.05 Å². The molecule has 2 N–H and O–H groups in total. The average Bonchev–Trinajstić information content (AvgIpc) is 3.01. The Morgan fingerprint density at radius 2 is 1.80 bits per heavy atom. The topological polar surface area (TPSA) is 111 Å². The third kappa shape index (κ3) is 5.06. The highest BCUT2D eigenvalue weighted by atomic mass is 32.2. The normalized spacial score (nSPS) is 16.2.